The van der Waals surface area contributed by atoms with Gasteiger partial charge in [0.1, 0.15) is 0 Å². The van der Waals surface area contributed by atoms with E-state index in [4.69, 9.17) is 5.11 Å². The fraction of sp³-hybridized carbons (Fsp3) is 1.00. The number of rotatable bonds is 5. The molecule has 1 aliphatic heterocycles. The summed E-state index contributed by atoms with van der Waals surface area (Å²) in [6.07, 6.45) is 4.55. The van der Waals surface area contributed by atoms with Crippen molar-refractivity contribution in [2.75, 3.05) is 19.7 Å². The van der Waals surface area contributed by atoms with E-state index in [1.54, 1.807) is 6.92 Å². The lowest BCUT2D eigenvalue weighted by molar-refractivity contribution is 0.274. The van der Waals surface area contributed by atoms with Crippen LogP contribution in [-0.2, 0) is 10.2 Å². The van der Waals surface area contributed by atoms with Crippen LogP contribution in [0, 0.1) is 0 Å². The molecule has 6 heteroatoms. The maximum atomic E-state index is 12.0. The number of aliphatic hydroxyl groups excluding tert-OH is 1. The maximum absolute atomic E-state index is 12.0. The van der Waals surface area contributed by atoms with Crippen LogP contribution in [0.4, 0.5) is 0 Å². The molecule has 1 atom stereocenters. The van der Waals surface area contributed by atoms with Crippen LogP contribution in [0.2, 0.25) is 0 Å². The third kappa shape index (κ3) is 4.37. The van der Waals surface area contributed by atoms with Crippen LogP contribution in [-0.4, -0.2) is 43.6 Å². The predicted octanol–water partition coefficient (Wildman–Crippen LogP) is 0.468. The van der Waals surface area contributed by atoms with E-state index in [1.165, 1.54) is 4.31 Å². The van der Waals surface area contributed by atoms with Gasteiger partial charge >= 0.3 is 0 Å². The second-order valence-electron chi connectivity index (χ2n) is 4.35. The molecule has 0 aromatic rings. The zero-order valence-corrected chi connectivity index (χ0v) is 10.7. The molecule has 0 spiro atoms. The summed E-state index contributed by atoms with van der Waals surface area (Å²) in [5.41, 5.74) is 0. The van der Waals surface area contributed by atoms with Crippen molar-refractivity contribution in [3.8, 4) is 0 Å². The number of hydrogen-bond donors (Lipinski definition) is 2. The Morgan fingerprint density at radius 1 is 1.25 bits per heavy atom. The van der Waals surface area contributed by atoms with E-state index >= 15 is 0 Å². The SMILES string of the molecule is CC(CCO)NS(=O)(=O)N1CCCCCC1. The summed E-state index contributed by atoms with van der Waals surface area (Å²) >= 11 is 0. The first-order chi connectivity index (χ1) is 7.56. The van der Waals surface area contributed by atoms with Crippen LogP contribution < -0.4 is 4.72 Å². The summed E-state index contributed by atoms with van der Waals surface area (Å²) < 4.78 is 28.0. The van der Waals surface area contributed by atoms with Gasteiger partial charge in [-0.15, -0.1) is 0 Å². The lowest BCUT2D eigenvalue weighted by Gasteiger charge is -2.22. The topological polar surface area (TPSA) is 69.6 Å². The molecule has 1 saturated heterocycles. The van der Waals surface area contributed by atoms with E-state index in [-0.39, 0.29) is 12.6 Å². The molecule has 0 aromatic carbocycles. The summed E-state index contributed by atoms with van der Waals surface area (Å²) in [7, 11) is -3.36. The van der Waals surface area contributed by atoms with Crippen molar-refractivity contribution >= 4 is 10.2 Å². The molecule has 1 aliphatic rings. The van der Waals surface area contributed by atoms with Gasteiger partial charge in [0.15, 0.2) is 0 Å². The summed E-state index contributed by atoms with van der Waals surface area (Å²) in [6, 6.07) is -0.210. The fourth-order valence-corrected chi connectivity index (χ4v) is 3.38. The minimum atomic E-state index is -3.36. The molecular formula is C10H22N2O3S. The third-order valence-corrected chi connectivity index (χ3v) is 4.56. The van der Waals surface area contributed by atoms with E-state index in [1.807, 2.05) is 0 Å². The molecule has 1 rings (SSSR count). The fourth-order valence-electron chi connectivity index (χ4n) is 1.86. The average molecular weight is 250 g/mol. The summed E-state index contributed by atoms with van der Waals surface area (Å²) in [5, 5.41) is 8.74. The van der Waals surface area contributed by atoms with E-state index in [9.17, 15) is 8.42 Å². The first-order valence-electron chi connectivity index (χ1n) is 5.94. The van der Waals surface area contributed by atoms with E-state index in [0.29, 0.717) is 19.5 Å². The number of nitrogens with zero attached hydrogens (tertiary/aromatic N) is 1. The molecule has 16 heavy (non-hydrogen) atoms. The van der Waals surface area contributed by atoms with Crippen molar-refractivity contribution in [2.24, 2.45) is 0 Å². The molecule has 0 amide bonds. The number of aliphatic hydroxyl groups is 1. The van der Waals surface area contributed by atoms with Crippen molar-refractivity contribution in [2.45, 2.75) is 45.1 Å². The van der Waals surface area contributed by atoms with Gasteiger partial charge in [-0.05, 0) is 26.2 Å². The van der Waals surface area contributed by atoms with Crippen LogP contribution >= 0.6 is 0 Å². The van der Waals surface area contributed by atoms with Crippen molar-refractivity contribution < 1.29 is 13.5 Å². The largest absolute Gasteiger partial charge is 0.396 e. The third-order valence-electron chi connectivity index (χ3n) is 2.82. The van der Waals surface area contributed by atoms with E-state index in [0.717, 1.165) is 25.7 Å². The van der Waals surface area contributed by atoms with Crippen molar-refractivity contribution in [1.29, 1.82) is 0 Å². The molecule has 96 valence electrons. The quantitative estimate of drug-likeness (QED) is 0.745. The van der Waals surface area contributed by atoms with Crippen LogP contribution in [0.1, 0.15) is 39.0 Å². The Balaban J connectivity index is 2.54. The molecule has 0 radical (unpaired) electrons. The lowest BCUT2D eigenvalue weighted by atomic mass is 10.2. The van der Waals surface area contributed by atoms with Gasteiger partial charge in [0.25, 0.3) is 10.2 Å². The Morgan fingerprint density at radius 2 is 1.81 bits per heavy atom. The van der Waals surface area contributed by atoms with Gasteiger partial charge in [-0.3, -0.25) is 0 Å². The van der Waals surface area contributed by atoms with E-state index < -0.39 is 10.2 Å². The smallest absolute Gasteiger partial charge is 0.279 e. The monoisotopic (exact) mass is 250 g/mol. The predicted molar refractivity (Wildman–Crippen MR) is 63.3 cm³/mol. The van der Waals surface area contributed by atoms with Gasteiger partial charge in [0, 0.05) is 25.7 Å². The first kappa shape index (κ1) is 13.9. The Morgan fingerprint density at radius 3 is 2.31 bits per heavy atom. The van der Waals surface area contributed by atoms with Crippen LogP contribution in [0.3, 0.4) is 0 Å². The van der Waals surface area contributed by atoms with Gasteiger partial charge in [-0.2, -0.15) is 17.4 Å². The lowest BCUT2D eigenvalue weighted by Crippen LogP contribution is -2.45. The highest BCUT2D eigenvalue weighted by molar-refractivity contribution is 7.87. The molecular weight excluding hydrogens is 228 g/mol. The Bertz CT molecular complexity index is 284. The highest BCUT2D eigenvalue weighted by atomic mass is 32.2. The maximum Gasteiger partial charge on any atom is 0.279 e. The second kappa shape index (κ2) is 6.54. The van der Waals surface area contributed by atoms with Gasteiger partial charge < -0.3 is 5.11 Å². The van der Waals surface area contributed by atoms with Crippen molar-refractivity contribution in [3.63, 3.8) is 0 Å². The molecule has 5 nitrogen and oxygen atoms in total. The molecule has 0 saturated carbocycles. The molecule has 0 bridgehead atoms. The molecule has 1 heterocycles. The molecule has 0 aliphatic carbocycles. The normalized spacial score (nSPS) is 21.6. The van der Waals surface area contributed by atoms with E-state index in [2.05, 4.69) is 4.72 Å². The Labute approximate surface area is 98.0 Å². The van der Waals surface area contributed by atoms with Crippen molar-refractivity contribution in [1.82, 2.24) is 9.03 Å². The highest BCUT2D eigenvalue weighted by Gasteiger charge is 2.24. The van der Waals surface area contributed by atoms with Gasteiger partial charge in [0.05, 0.1) is 0 Å². The number of nitrogens with one attached hydrogen (secondary N) is 1. The number of hydrogen-bond acceptors (Lipinski definition) is 3. The highest BCUT2D eigenvalue weighted by Crippen LogP contribution is 2.12. The van der Waals surface area contributed by atoms with Gasteiger partial charge in [-0.25, -0.2) is 0 Å². The first-order valence-corrected chi connectivity index (χ1v) is 7.38. The average Bonchev–Trinajstić information content (AvgIpc) is 2.45. The molecule has 1 fully saturated rings. The summed E-state index contributed by atoms with van der Waals surface area (Å²) in [5.74, 6) is 0. The Hall–Kier alpha value is -0.170. The van der Waals surface area contributed by atoms with Gasteiger partial charge in [0.2, 0.25) is 0 Å². The zero-order valence-electron chi connectivity index (χ0n) is 9.85. The van der Waals surface area contributed by atoms with Crippen LogP contribution in [0.15, 0.2) is 0 Å². The standard InChI is InChI=1S/C10H22N2O3S/c1-10(6-9-13)11-16(14,15)12-7-4-2-3-5-8-12/h10-11,13H,2-9H2,1H3. The second-order valence-corrected chi connectivity index (χ2v) is 6.05. The summed E-state index contributed by atoms with van der Waals surface area (Å²) in [6.45, 7) is 3.00. The minimum absolute atomic E-state index is 0.00366. The van der Waals surface area contributed by atoms with Crippen LogP contribution in [0.25, 0.3) is 0 Å². The molecule has 2 N–H and O–H groups in total. The van der Waals surface area contributed by atoms with Gasteiger partial charge in [-0.1, -0.05) is 12.8 Å². The van der Waals surface area contributed by atoms with Crippen LogP contribution in [0.5, 0.6) is 0 Å². The zero-order chi connectivity index (χ0) is 12.0. The Kier molecular flexibility index (Phi) is 5.68. The molecule has 1 unspecified atom stereocenters. The summed E-state index contributed by atoms with van der Waals surface area (Å²) in [4.78, 5) is 0. The molecule has 0 aromatic heterocycles. The minimum Gasteiger partial charge on any atom is -0.396 e. The van der Waals surface area contributed by atoms with Crippen molar-refractivity contribution in [3.05, 3.63) is 0 Å².